The molecule has 1 saturated heterocycles. The fourth-order valence-corrected chi connectivity index (χ4v) is 9.80. The summed E-state index contributed by atoms with van der Waals surface area (Å²) in [6, 6.07) is 15.8. The largest absolute Gasteiger partial charge is 0.244 e. The van der Waals surface area contributed by atoms with Crippen LogP contribution in [0.15, 0.2) is 42.5 Å². The van der Waals surface area contributed by atoms with Gasteiger partial charge in [-0.15, -0.1) is 0 Å². The molecule has 1 aliphatic heterocycles. The second kappa shape index (κ2) is 11.9. The van der Waals surface area contributed by atoms with E-state index in [1.165, 1.54) is 62.3 Å². The summed E-state index contributed by atoms with van der Waals surface area (Å²) in [4.78, 5) is 0. The standard InChI is InChI=1S/C30H41F3Si/c1-2-3-4-5-23-8-13-27(14-9-23)30(33)17-20-34(21-18-30)19-16-24-6-10-25(11-7-24)26-12-15-28(31)29(32)22-26/h6-7,10-12,15,22-23,27,34H,2-5,8-9,13-14,16-21H2,1H3. The number of rotatable bonds is 9. The zero-order valence-electron chi connectivity index (χ0n) is 20.8. The number of benzene rings is 2. The fraction of sp³-hybridized carbons (Fsp3) is 0.600. The second-order valence-corrected chi connectivity index (χ2v) is 14.5. The van der Waals surface area contributed by atoms with E-state index in [0.717, 1.165) is 55.7 Å². The van der Waals surface area contributed by atoms with E-state index in [-0.39, 0.29) is 0 Å². The van der Waals surface area contributed by atoms with Crippen LogP contribution in [-0.4, -0.2) is 14.5 Å². The van der Waals surface area contributed by atoms with E-state index in [2.05, 4.69) is 19.1 Å². The molecule has 4 heteroatoms. The Morgan fingerprint density at radius 2 is 1.53 bits per heavy atom. The zero-order valence-corrected chi connectivity index (χ0v) is 22.0. The van der Waals surface area contributed by atoms with Crippen molar-refractivity contribution in [3.63, 3.8) is 0 Å². The van der Waals surface area contributed by atoms with Gasteiger partial charge >= 0.3 is 0 Å². The molecule has 0 unspecified atom stereocenters. The van der Waals surface area contributed by atoms with Crippen molar-refractivity contribution in [2.45, 2.75) is 101 Å². The smallest absolute Gasteiger partial charge is 0.159 e. The van der Waals surface area contributed by atoms with E-state index in [0.29, 0.717) is 11.5 Å². The lowest BCUT2D eigenvalue weighted by Gasteiger charge is -2.42. The Bertz CT molecular complexity index is 894. The molecule has 0 spiro atoms. The third-order valence-electron chi connectivity index (χ3n) is 8.78. The highest BCUT2D eigenvalue weighted by atomic mass is 28.3. The monoisotopic (exact) mass is 486 g/mol. The predicted molar refractivity (Wildman–Crippen MR) is 140 cm³/mol. The summed E-state index contributed by atoms with van der Waals surface area (Å²) in [5, 5.41) is 0. The highest BCUT2D eigenvalue weighted by molar-refractivity contribution is 6.59. The number of unbranched alkanes of at least 4 members (excludes halogenated alkanes) is 2. The lowest BCUT2D eigenvalue weighted by molar-refractivity contribution is 0.0325. The Morgan fingerprint density at radius 1 is 0.853 bits per heavy atom. The van der Waals surface area contributed by atoms with Crippen molar-refractivity contribution in [1.29, 1.82) is 0 Å². The molecule has 0 aromatic heterocycles. The van der Waals surface area contributed by atoms with Gasteiger partial charge in [0, 0.05) is 8.80 Å². The Kier molecular flexibility index (Phi) is 8.96. The van der Waals surface area contributed by atoms with Crippen LogP contribution in [0.2, 0.25) is 18.1 Å². The van der Waals surface area contributed by atoms with Crippen LogP contribution in [0.4, 0.5) is 13.2 Å². The first-order valence-electron chi connectivity index (χ1n) is 13.7. The van der Waals surface area contributed by atoms with E-state index in [1.54, 1.807) is 6.07 Å². The van der Waals surface area contributed by atoms with E-state index < -0.39 is 26.1 Å². The van der Waals surface area contributed by atoms with E-state index in [1.807, 2.05) is 12.1 Å². The number of alkyl halides is 1. The normalized spacial score (nSPS) is 27.6. The molecule has 1 heterocycles. The minimum absolute atomic E-state index is 0.314. The van der Waals surface area contributed by atoms with Gasteiger partial charge in [-0.05, 0) is 72.8 Å². The van der Waals surface area contributed by atoms with Gasteiger partial charge in [-0.1, -0.05) is 93.9 Å². The molecular formula is C30H41F3Si. The maximum absolute atomic E-state index is 15.9. The number of halogens is 3. The maximum Gasteiger partial charge on any atom is 0.159 e. The molecule has 1 saturated carbocycles. The molecule has 2 fully saturated rings. The third-order valence-corrected chi connectivity index (χ3v) is 12.1. The van der Waals surface area contributed by atoms with Crippen LogP contribution in [0.5, 0.6) is 0 Å². The Labute approximate surface area is 206 Å². The summed E-state index contributed by atoms with van der Waals surface area (Å²) in [6.45, 7) is 2.26. The molecule has 0 nitrogen and oxygen atoms in total. The quantitative estimate of drug-likeness (QED) is 0.245. The van der Waals surface area contributed by atoms with Crippen molar-refractivity contribution in [1.82, 2.24) is 0 Å². The van der Waals surface area contributed by atoms with Crippen LogP contribution in [0.25, 0.3) is 11.1 Å². The average molecular weight is 487 g/mol. The lowest BCUT2D eigenvalue weighted by atomic mass is 9.71. The van der Waals surface area contributed by atoms with Gasteiger partial charge in [0.25, 0.3) is 0 Å². The molecule has 0 radical (unpaired) electrons. The van der Waals surface area contributed by atoms with Crippen molar-refractivity contribution in [2.24, 2.45) is 11.8 Å². The summed E-state index contributed by atoms with van der Waals surface area (Å²) < 4.78 is 42.6. The molecule has 186 valence electrons. The van der Waals surface area contributed by atoms with Crippen LogP contribution in [0, 0.1) is 23.5 Å². The van der Waals surface area contributed by atoms with Crippen LogP contribution in [0.1, 0.15) is 76.7 Å². The summed E-state index contributed by atoms with van der Waals surface area (Å²) in [5.41, 5.74) is 2.00. The molecule has 1 aliphatic carbocycles. The summed E-state index contributed by atoms with van der Waals surface area (Å²) >= 11 is 0. The SMILES string of the molecule is CCCCCC1CCC(C2(F)CC[SiH](CCc3ccc(-c4ccc(F)c(F)c4)cc3)CC2)CC1. The molecule has 2 aliphatic rings. The van der Waals surface area contributed by atoms with Crippen LogP contribution < -0.4 is 0 Å². The van der Waals surface area contributed by atoms with Gasteiger partial charge in [0.15, 0.2) is 11.6 Å². The lowest BCUT2D eigenvalue weighted by Crippen LogP contribution is -2.41. The van der Waals surface area contributed by atoms with Crippen molar-refractivity contribution in [3.8, 4) is 11.1 Å². The predicted octanol–water partition coefficient (Wildman–Crippen LogP) is 9.29. The first kappa shape index (κ1) is 25.5. The molecule has 0 amide bonds. The van der Waals surface area contributed by atoms with Crippen molar-refractivity contribution >= 4 is 8.80 Å². The highest BCUT2D eigenvalue weighted by Crippen LogP contribution is 2.47. The summed E-state index contributed by atoms with van der Waals surface area (Å²) in [6.07, 6.45) is 12.7. The van der Waals surface area contributed by atoms with Gasteiger partial charge in [0.1, 0.15) is 5.67 Å². The number of aryl methyl sites for hydroxylation is 1. The highest BCUT2D eigenvalue weighted by Gasteiger charge is 2.43. The summed E-state index contributed by atoms with van der Waals surface area (Å²) in [5.74, 6) is -0.460. The average Bonchev–Trinajstić information content (AvgIpc) is 2.86. The van der Waals surface area contributed by atoms with Gasteiger partial charge in [-0.3, -0.25) is 0 Å². The fourth-order valence-electron chi connectivity index (χ4n) is 6.42. The summed E-state index contributed by atoms with van der Waals surface area (Å²) in [7, 11) is -0.880. The maximum atomic E-state index is 15.9. The van der Waals surface area contributed by atoms with Gasteiger partial charge in [0.05, 0.1) is 0 Å². The van der Waals surface area contributed by atoms with Gasteiger partial charge in [-0.2, -0.15) is 0 Å². The minimum Gasteiger partial charge on any atom is -0.244 e. The zero-order chi connectivity index (χ0) is 24.0. The first-order chi connectivity index (χ1) is 16.5. The second-order valence-electron chi connectivity index (χ2n) is 11.1. The van der Waals surface area contributed by atoms with Gasteiger partial charge in [-0.25, -0.2) is 13.2 Å². The molecule has 2 aromatic rings. The van der Waals surface area contributed by atoms with Crippen LogP contribution in [-0.2, 0) is 6.42 Å². The van der Waals surface area contributed by atoms with E-state index in [9.17, 15) is 8.78 Å². The van der Waals surface area contributed by atoms with Crippen molar-refractivity contribution in [2.75, 3.05) is 0 Å². The molecule has 0 N–H and O–H groups in total. The van der Waals surface area contributed by atoms with E-state index in [4.69, 9.17) is 0 Å². The number of hydrogen-bond donors (Lipinski definition) is 0. The molecule has 2 aromatic carbocycles. The minimum atomic E-state index is -0.885. The molecule has 0 atom stereocenters. The third kappa shape index (κ3) is 6.56. The molecule has 34 heavy (non-hydrogen) atoms. The molecular weight excluding hydrogens is 445 g/mol. The Balaban J connectivity index is 1.20. The molecule has 0 bridgehead atoms. The van der Waals surface area contributed by atoms with E-state index >= 15 is 4.39 Å². The van der Waals surface area contributed by atoms with Gasteiger partial charge < -0.3 is 0 Å². The Morgan fingerprint density at radius 3 is 2.18 bits per heavy atom. The van der Waals surface area contributed by atoms with Crippen LogP contribution >= 0.6 is 0 Å². The van der Waals surface area contributed by atoms with Crippen molar-refractivity contribution in [3.05, 3.63) is 59.7 Å². The topological polar surface area (TPSA) is 0 Å². The first-order valence-corrected chi connectivity index (χ1v) is 16.1. The van der Waals surface area contributed by atoms with Crippen LogP contribution in [0.3, 0.4) is 0 Å². The Hall–Kier alpha value is -1.55. The van der Waals surface area contributed by atoms with Crippen molar-refractivity contribution < 1.29 is 13.2 Å². The molecule has 4 rings (SSSR count). The number of hydrogen-bond acceptors (Lipinski definition) is 0. The van der Waals surface area contributed by atoms with Gasteiger partial charge in [0.2, 0.25) is 0 Å².